The van der Waals surface area contributed by atoms with E-state index < -0.39 is 16.1 Å². The Morgan fingerprint density at radius 2 is 2.22 bits per heavy atom. The Kier molecular flexibility index (Phi) is 5.55. The highest BCUT2D eigenvalue weighted by Crippen LogP contribution is 2.12. The zero-order valence-corrected chi connectivity index (χ0v) is 11.9. The minimum Gasteiger partial charge on any atom is -0.340 e. The number of carbonyl (C=O) groups excluding carboxylic acids is 1. The van der Waals surface area contributed by atoms with Gasteiger partial charge in [-0.05, 0) is 19.3 Å². The summed E-state index contributed by atoms with van der Waals surface area (Å²) in [6.07, 6.45) is 4.24. The van der Waals surface area contributed by atoms with Gasteiger partial charge in [-0.1, -0.05) is 13.3 Å². The Morgan fingerprint density at radius 3 is 2.78 bits per heavy atom. The third-order valence-corrected chi connectivity index (χ3v) is 3.79. The van der Waals surface area contributed by atoms with E-state index in [2.05, 4.69) is 4.72 Å². The Bertz CT molecular complexity index is 383. The van der Waals surface area contributed by atoms with E-state index in [0.29, 0.717) is 19.5 Å². The molecular weight excluding hydrogens is 254 g/mol. The molecular formula is C11H23N3O3S. The summed E-state index contributed by atoms with van der Waals surface area (Å²) in [4.78, 5) is 13.7. The van der Waals surface area contributed by atoms with Crippen LogP contribution in [-0.4, -0.2) is 50.7 Å². The quantitative estimate of drug-likeness (QED) is 0.718. The summed E-state index contributed by atoms with van der Waals surface area (Å²) >= 11 is 0. The molecule has 1 unspecified atom stereocenters. The number of nitrogens with zero attached hydrogens (tertiary/aromatic N) is 1. The highest BCUT2D eigenvalue weighted by Gasteiger charge is 2.27. The maximum atomic E-state index is 12.0. The van der Waals surface area contributed by atoms with E-state index in [0.717, 1.165) is 25.5 Å². The lowest BCUT2D eigenvalue weighted by molar-refractivity contribution is -0.134. The van der Waals surface area contributed by atoms with E-state index in [9.17, 15) is 13.2 Å². The molecule has 1 saturated heterocycles. The summed E-state index contributed by atoms with van der Waals surface area (Å²) in [6, 6.07) is -0.654. The predicted molar refractivity (Wildman–Crippen MR) is 70.5 cm³/mol. The second-order valence-corrected chi connectivity index (χ2v) is 6.69. The number of hydrogen-bond donors (Lipinski definition) is 2. The number of amides is 1. The van der Waals surface area contributed by atoms with Crippen molar-refractivity contribution >= 4 is 15.9 Å². The van der Waals surface area contributed by atoms with Crippen molar-refractivity contribution in [3.8, 4) is 0 Å². The molecule has 0 bridgehead atoms. The molecule has 1 amide bonds. The van der Waals surface area contributed by atoms with Crippen LogP contribution in [0.4, 0.5) is 0 Å². The second-order valence-electron chi connectivity index (χ2n) is 4.91. The van der Waals surface area contributed by atoms with Crippen LogP contribution in [0.5, 0.6) is 0 Å². The highest BCUT2D eigenvalue weighted by atomic mass is 32.2. The fourth-order valence-electron chi connectivity index (χ4n) is 2.25. The molecule has 6 nitrogen and oxygen atoms in total. The van der Waals surface area contributed by atoms with Crippen LogP contribution in [0.2, 0.25) is 0 Å². The Labute approximate surface area is 109 Å². The maximum Gasteiger partial charge on any atom is 0.239 e. The van der Waals surface area contributed by atoms with Crippen molar-refractivity contribution in [2.24, 2.45) is 5.73 Å². The summed E-state index contributed by atoms with van der Waals surface area (Å²) in [6.45, 7) is 3.07. The van der Waals surface area contributed by atoms with E-state index >= 15 is 0 Å². The van der Waals surface area contributed by atoms with Crippen LogP contribution in [0, 0.1) is 0 Å². The molecule has 0 saturated carbocycles. The molecule has 1 heterocycles. The van der Waals surface area contributed by atoms with Gasteiger partial charge in [-0.25, -0.2) is 13.1 Å². The number of likely N-dealkylation sites (tertiary alicyclic amines) is 1. The molecule has 1 aliphatic heterocycles. The van der Waals surface area contributed by atoms with E-state index in [-0.39, 0.29) is 11.9 Å². The van der Waals surface area contributed by atoms with Gasteiger partial charge in [-0.15, -0.1) is 0 Å². The fourth-order valence-corrected chi connectivity index (χ4v) is 3.04. The molecule has 7 heteroatoms. The molecule has 1 aliphatic rings. The second kappa shape index (κ2) is 6.49. The smallest absolute Gasteiger partial charge is 0.239 e. The molecule has 1 fully saturated rings. The van der Waals surface area contributed by atoms with Gasteiger partial charge in [0.25, 0.3) is 0 Å². The number of hydrogen-bond acceptors (Lipinski definition) is 4. The topological polar surface area (TPSA) is 92.5 Å². The molecule has 0 radical (unpaired) electrons. The lowest BCUT2D eigenvalue weighted by Crippen LogP contribution is -2.53. The SMILES string of the molecule is CCC[C@H](N)C(=O)N1CCCC(NS(C)(=O)=O)C1. The Morgan fingerprint density at radius 1 is 1.56 bits per heavy atom. The van der Waals surface area contributed by atoms with Crippen LogP contribution in [0.25, 0.3) is 0 Å². The van der Waals surface area contributed by atoms with E-state index in [4.69, 9.17) is 5.73 Å². The van der Waals surface area contributed by atoms with Crippen molar-refractivity contribution in [2.75, 3.05) is 19.3 Å². The largest absolute Gasteiger partial charge is 0.340 e. The molecule has 0 spiro atoms. The third-order valence-electron chi connectivity index (χ3n) is 3.03. The molecule has 0 aliphatic carbocycles. The molecule has 18 heavy (non-hydrogen) atoms. The van der Waals surface area contributed by atoms with Crippen LogP contribution >= 0.6 is 0 Å². The van der Waals surface area contributed by atoms with Crippen LogP contribution in [0.3, 0.4) is 0 Å². The van der Waals surface area contributed by atoms with E-state index in [1.165, 1.54) is 0 Å². The molecule has 1 rings (SSSR count). The fraction of sp³-hybridized carbons (Fsp3) is 0.909. The predicted octanol–water partition coefficient (Wildman–Crippen LogP) is -0.346. The van der Waals surface area contributed by atoms with Crippen molar-refractivity contribution in [3.63, 3.8) is 0 Å². The number of nitrogens with two attached hydrogens (primary N) is 1. The number of sulfonamides is 1. The number of rotatable bonds is 5. The highest BCUT2D eigenvalue weighted by molar-refractivity contribution is 7.88. The van der Waals surface area contributed by atoms with Crippen LogP contribution in [0.1, 0.15) is 32.6 Å². The summed E-state index contributed by atoms with van der Waals surface area (Å²) in [5.74, 6) is -0.0724. The van der Waals surface area contributed by atoms with Crippen LogP contribution in [-0.2, 0) is 14.8 Å². The average Bonchev–Trinajstić information content (AvgIpc) is 2.26. The van der Waals surface area contributed by atoms with Gasteiger partial charge in [-0.3, -0.25) is 4.79 Å². The van der Waals surface area contributed by atoms with E-state index in [1.807, 2.05) is 6.92 Å². The first kappa shape index (κ1) is 15.4. The third kappa shape index (κ3) is 4.91. The summed E-state index contributed by atoms with van der Waals surface area (Å²) in [5.41, 5.74) is 5.80. The van der Waals surface area contributed by atoms with Crippen molar-refractivity contribution in [1.82, 2.24) is 9.62 Å². The van der Waals surface area contributed by atoms with Gasteiger partial charge in [-0.2, -0.15) is 0 Å². The number of nitrogens with one attached hydrogen (secondary N) is 1. The molecule has 0 aromatic rings. The number of piperidine rings is 1. The summed E-state index contributed by atoms with van der Waals surface area (Å²) in [7, 11) is -3.22. The van der Waals surface area contributed by atoms with Crippen LogP contribution in [0.15, 0.2) is 0 Å². The molecule has 0 aromatic heterocycles. The number of carbonyl (C=O) groups is 1. The first-order valence-electron chi connectivity index (χ1n) is 6.35. The van der Waals surface area contributed by atoms with Gasteiger partial charge < -0.3 is 10.6 Å². The standard InChI is InChI=1S/C11H23N3O3S/c1-3-5-10(12)11(15)14-7-4-6-9(8-14)13-18(2,16)17/h9-10,13H,3-8,12H2,1-2H3/t9?,10-/m0/s1. The summed E-state index contributed by atoms with van der Waals surface area (Å²) in [5, 5.41) is 0. The maximum absolute atomic E-state index is 12.0. The van der Waals surface area contributed by atoms with Crippen LogP contribution < -0.4 is 10.5 Å². The first-order valence-corrected chi connectivity index (χ1v) is 8.24. The van der Waals surface area contributed by atoms with E-state index in [1.54, 1.807) is 4.90 Å². The molecule has 106 valence electrons. The van der Waals surface area contributed by atoms with Gasteiger partial charge in [0.2, 0.25) is 15.9 Å². The first-order chi connectivity index (χ1) is 8.33. The average molecular weight is 277 g/mol. The van der Waals surface area contributed by atoms with Gasteiger partial charge in [0.15, 0.2) is 0 Å². The summed E-state index contributed by atoms with van der Waals surface area (Å²) < 4.78 is 24.9. The zero-order valence-electron chi connectivity index (χ0n) is 11.1. The van der Waals surface area contributed by atoms with Crippen molar-refractivity contribution in [2.45, 2.75) is 44.7 Å². The Balaban J connectivity index is 2.55. The lowest BCUT2D eigenvalue weighted by Gasteiger charge is -2.34. The van der Waals surface area contributed by atoms with Gasteiger partial charge >= 0.3 is 0 Å². The van der Waals surface area contributed by atoms with Gasteiger partial charge in [0, 0.05) is 19.1 Å². The van der Waals surface area contributed by atoms with Crippen molar-refractivity contribution in [1.29, 1.82) is 0 Å². The zero-order chi connectivity index (χ0) is 13.8. The van der Waals surface area contributed by atoms with Gasteiger partial charge in [0.05, 0.1) is 12.3 Å². The molecule has 3 N–H and O–H groups in total. The minimum atomic E-state index is -3.22. The molecule has 2 atom stereocenters. The van der Waals surface area contributed by atoms with Crippen molar-refractivity contribution < 1.29 is 13.2 Å². The minimum absolute atomic E-state index is 0.0724. The lowest BCUT2D eigenvalue weighted by atomic mass is 10.0. The van der Waals surface area contributed by atoms with Gasteiger partial charge in [0.1, 0.15) is 0 Å². The Hall–Kier alpha value is -0.660. The normalized spacial score (nSPS) is 22.8. The van der Waals surface area contributed by atoms with Crippen molar-refractivity contribution in [3.05, 3.63) is 0 Å². The monoisotopic (exact) mass is 277 g/mol. The molecule has 0 aromatic carbocycles.